The lowest BCUT2D eigenvalue weighted by atomic mass is 10.1. The van der Waals surface area contributed by atoms with Gasteiger partial charge in [0.2, 0.25) is 0 Å². The number of rotatable bonds is 2. The zero-order chi connectivity index (χ0) is 11.5. The number of halogens is 2. The fourth-order valence-electron chi connectivity index (χ4n) is 1.37. The molecule has 3 nitrogen and oxygen atoms in total. The largest absolute Gasteiger partial charge is 0.282 e. The van der Waals surface area contributed by atoms with Crippen LogP contribution in [0, 0.1) is 0 Å². The van der Waals surface area contributed by atoms with Crippen molar-refractivity contribution in [1.29, 1.82) is 0 Å². The van der Waals surface area contributed by atoms with Gasteiger partial charge in [0.1, 0.15) is 5.02 Å². The second kappa shape index (κ2) is 4.80. The van der Waals surface area contributed by atoms with Crippen molar-refractivity contribution in [3.8, 4) is 0 Å². The number of H-pyrrole nitrogens is 1. The first-order valence-corrected chi connectivity index (χ1v) is 5.81. The Morgan fingerprint density at radius 1 is 1.38 bits per heavy atom. The first-order valence-electron chi connectivity index (χ1n) is 4.64. The zero-order valence-corrected chi connectivity index (χ0v) is 10.5. The highest BCUT2D eigenvalue weighted by atomic mass is 79.9. The summed E-state index contributed by atoms with van der Waals surface area (Å²) in [5, 5.41) is 6.45. The normalized spacial score (nSPS) is 10.4. The van der Waals surface area contributed by atoms with Gasteiger partial charge in [0, 0.05) is 10.9 Å². The summed E-state index contributed by atoms with van der Waals surface area (Å²) < 4.78 is 1.01. The molecule has 1 heterocycles. The summed E-state index contributed by atoms with van der Waals surface area (Å²) in [7, 11) is 0. The molecule has 1 aromatic heterocycles. The van der Waals surface area contributed by atoms with Crippen LogP contribution in [0.5, 0.6) is 0 Å². The number of aromatic amines is 1. The average molecular weight is 300 g/mol. The van der Waals surface area contributed by atoms with Crippen LogP contribution in [-0.2, 0) is 6.42 Å². The molecular formula is C11H8BrClN2O. The third-order valence-corrected chi connectivity index (χ3v) is 2.86. The van der Waals surface area contributed by atoms with Gasteiger partial charge >= 0.3 is 0 Å². The van der Waals surface area contributed by atoms with Gasteiger partial charge in [-0.1, -0.05) is 39.7 Å². The van der Waals surface area contributed by atoms with Gasteiger partial charge in [0.15, 0.2) is 0 Å². The van der Waals surface area contributed by atoms with Crippen molar-refractivity contribution >= 4 is 27.5 Å². The molecule has 1 aromatic carbocycles. The van der Waals surface area contributed by atoms with Crippen LogP contribution in [0.15, 0.2) is 39.6 Å². The van der Waals surface area contributed by atoms with E-state index in [1.807, 2.05) is 24.3 Å². The fraction of sp³-hybridized carbons (Fsp3) is 0.0909. The monoisotopic (exact) mass is 298 g/mol. The van der Waals surface area contributed by atoms with Crippen molar-refractivity contribution in [2.45, 2.75) is 6.42 Å². The Morgan fingerprint density at radius 3 is 2.88 bits per heavy atom. The zero-order valence-electron chi connectivity index (χ0n) is 8.21. The lowest BCUT2D eigenvalue weighted by molar-refractivity contribution is 0.910. The molecule has 0 aliphatic rings. The highest BCUT2D eigenvalue weighted by Crippen LogP contribution is 2.14. The third-order valence-electron chi connectivity index (χ3n) is 2.09. The summed E-state index contributed by atoms with van der Waals surface area (Å²) in [6.45, 7) is 0. The van der Waals surface area contributed by atoms with Gasteiger partial charge in [0.05, 0.1) is 5.69 Å². The van der Waals surface area contributed by atoms with Crippen molar-refractivity contribution in [1.82, 2.24) is 10.2 Å². The second-order valence-electron chi connectivity index (χ2n) is 3.34. The maximum Gasteiger partial charge on any atom is 0.282 e. The van der Waals surface area contributed by atoms with E-state index in [9.17, 15) is 4.79 Å². The van der Waals surface area contributed by atoms with Gasteiger partial charge in [-0.2, -0.15) is 5.10 Å². The Labute approximate surface area is 106 Å². The van der Waals surface area contributed by atoms with Crippen molar-refractivity contribution in [2.24, 2.45) is 0 Å². The summed E-state index contributed by atoms with van der Waals surface area (Å²) in [6, 6.07) is 9.48. The van der Waals surface area contributed by atoms with Crippen LogP contribution in [0.25, 0.3) is 0 Å². The summed E-state index contributed by atoms with van der Waals surface area (Å²) in [6.07, 6.45) is 0.635. The van der Waals surface area contributed by atoms with E-state index < -0.39 is 0 Å². The van der Waals surface area contributed by atoms with Crippen molar-refractivity contribution in [2.75, 3.05) is 0 Å². The van der Waals surface area contributed by atoms with Crippen molar-refractivity contribution < 1.29 is 0 Å². The van der Waals surface area contributed by atoms with E-state index >= 15 is 0 Å². The smallest absolute Gasteiger partial charge is 0.266 e. The van der Waals surface area contributed by atoms with E-state index in [1.54, 1.807) is 6.07 Å². The third kappa shape index (κ3) is 2.71. The molecule has 0 unspecified atom stereocenters. The van der Waals surface area contributed by atoms with E-state index in [2.05, 4.69) is 26.1 Å². The molecule has 0 fully saturated rings. The predicted molar refractivity (Wildman–Crippen MR) is 66.8 cm³/mol. The highest BCUT2D eigenvalue weighted by molar-refractivity contribution is 9.10. The van der Waals surface area contributed by atoms with Crippen LogP contribution >= 0.6 is 27.5 Å². The second-order valence-corrected chi connectivity index (χ2v) is 4.67. The summed E-state index contributed by atoms with van der Waals surface area (Å²) in [4.78, 5) is 11.0. The van der Waals surface area contributed by atoms with Gasteiger partial charge in [-0.05, 0) is 23.8 Å². The SMILES string of the molecule is O=c1[nH]nc(Cc2cccc(Br)c2)cc1Cl. The van der Waals surface area contributed by atoms with E-state index in [0.717, 1.165) is 15.7 Å². The van der Waals surface area contributed by atoms with Gasteiger partial charge in [-0.3, -0.25) is 4.79 Å². The molecule has 2 rings (SSSR count). The number of benzene rings is 1. The standard InChI is InChI=1S/C11H8BrClN2O/c12-8-3-1-2-7(4-8)5-9-6-10(13)11(16)15-14-9/h1-4,6H,5H2,(H,15,16). The molecule has 0 aliphatic heterocycles. The maximum absolute atomic E-state index is 11.0. The Bertz CT molecular complexity index is 568. The minimum Gasteiger partial charge on any atom is -0.266 e. The Balaban J connectivity index is 2.27. The molecule has 0 amide bonds. The van der Waals surface area contributed by atoms with Crippen LogP contribution in [0.1, 0.15) is 11.3 Å². The van der Waals surface area contributed by atoms with Crippen molar-refractivity contribution in [3.05, 3.63) is 61.4 Å². The minimum atomic E-state index is -0.361. The van der Waals surface area contributed by atoms with Crippen molar-refractivity contribution in [3.63, 3.8) is 0 Å². The highest BCUT2D eigenvalue weighted by Gasteiger charge is 2.02. The molecule has 1 N–H and O–H groups in total. The van der Waals surface area contributed by atoms with E-state index in [0.29, 0.717) is 6.42 Å². The molecule has 0 radical (unpaired) electrons. The molecular weight excluding hydrogens is 291 g/mol. The van der Waals surface area contributed by atoms with Gasteiger partial charge in [-0.15, -0.1) is 0 Å². The molecule has 0 spiro atoms. The molecule has 0 saturated heterocycles. The molecule has 0 aliphatic carbocycles. The van der Waals surface area contributed by atoms with Gasteiger partial charge in [0.25, 0.3) is 5.56 Å². The van der Waals surface area contributed by atoms with E-state index in [4.69, 9.17) is 11.6 Å². The maximum atomic E-state index is 11.0. The molecule has 0 saturated carbocycles. The molecule has 0 bridgehead atoms. The molecule has 2 aromatic rings. The average Bonchev–Trinajstić information content (AvgIpc) is 2.24. The first kappa shape index (κ1) is 11.4. The number of hydrogen-bond acceptors (Lipinski definition) is 2. The van der Waals surface area contributed by atoms with Crippen LogP contribution in [-0.4, -0.2) is 10.2 Å². The van der Waals surface area contributed by atoms with Crippen LogP contribution in [0.3, 0.4) is 0 Å². The first-order chi connectivity index (χ1) is 7.65. The summed E-state index contributed by atoms with van der Waals surface area (Å²) in [5.74, 6) is 0. The Kier molecular flexibility index (Phi) is 3.41. The number of aromatic nitrogens is 2. The quantitative estimate of drug-likeness (QED) is 0.927. The minimum absolute atomic E-state index is 0.167. The van der Waals surface area contributed by atoms with E-state index in [1.165, 1.54) is 0 Å². The molecule has 0 atom stereocenters. The van der Waals surface area contributed by atoms with Crippen LogP contribution < -0.4 is 5.56 Å². The van der Waals surface area contributed by atoms with Crippen LogP contribution in [0.2, 0.25) is 5.02 Å². The topological polar surface area (TPSA) is 45.8 Å². The number of hydrogen-bond donors (Lipinski definition) is 1. The van der Waals surface area contributed by atoms with Gasteiger partial charge in [-0.25, -0.2) is 5.10 Å². The number of nitrogens with one attached hydrogen (secondary N) is 1. The lowest BCUT2D eigenvalue weighted by Crippen LogP contribution is -2.10. The Hall–Kier alpha value is -1.13. The lowest BCUT2D eigenvalue weighted by Gasteiger charge is -2.01. The molecule has 5 heteroatoms. The fourth-order valence-corrected chi connectivity index (χ4v) is 1.98. The summed E-state index contributed by atoms with van der Waals surface area (Å²) >= 11 is 9.12. The van der Waals surface area contributed by atoms with Crippen LogP contribution in [0.4, 0.5) is 0 Å². The Morgan fingerprint density at radius 2 is 2.19 bits per heavy atom. The van der Waals surface area contributed by atoms with E-state index in [-0.39, 0.29) is 10.6 Å². The number of nitrogens with zero attached hydrogens (tertiary/aromatic N) is 1. The van der Waals surface area contributed by atoms with Gasteiger partial charge < -0.3 is 0 Å². The predicted octanol–water partition coefficient (Wildman–Crippen LogP) is 2.78. The molecule has 82 valence electrons. The summed E-state index contributed by atoms with van der Waals surface area (Å²) in [5.41, 5.74) is 1.48. The molecule has 16 heavy (non-hydrogen) atoms.